The van der Waals surface area contributed by atoms with Crippen LogP contribution in [0.4, 0.5) is 11.4 Å². The topological polar surface area (TPSA) is 102 Å². The smallest absolute Gasteiger partial charge is 0.309 e. The number of carbonyl (C=O) groups excluding carboxylic acids is 2. The van der Waals surface area contributed by atoms with E-state index >= 15 is 0 Å². The summed E-state index contributed by atoms with van der Waals surface area (Å²) in [4.78, 5) is 35.9. The Balaban J connectivity index is 1.65. The molecule has 1 aromatic carbocycles. The van der Waals surface area contributed by atoms with E-state index in [2.05, 4.69) is 5.32 Å². The normalized spacial score (nSPS) is 14.7. The average molecular weight is 363 g/mol. The standard InChI is InChI=1S/C18H25N3O5/c1-2-26-18(23)14-9-12-20(13-10-14)17(22)4-3-11-19-15-5-7-16(8-6-15)21(24)25/h5-8,14,19H,2-4,9-13H2,1H3. The lowest BCUT2D eigenvalue weighted by Crippen LogP contribution is -2.40. The van der Waals surface area contributed by atoms with E-state index in [1.54, 1.807) is 19.1 Å². The number of nitro groups is 1. The first-order valence-electron chi connectivity index (χ1n) is 8.94. The molecule has 2 rings (SSSR count). The maximum Gasteiger partial charge on any atom is 0.309 e. The molecule has 1 N–H and O–H groups in total. The van der Waals surface area contributed by atoms with Gasteiger partial charge in [0.25, 0.3) is 5.69 Å². The molecule has 1 aromatic rings. The van der Waals surface area contributed by atoms with E-state index in [4.69, 9.17) is 4.74 Å². The van der Waals surface area contributed by atoms with Gasteiger partial charge in [0, 0.05) is 43.9 Å². The summed E-state index contributed by atoms with van der Waals surface area (Å²) in [7, 11) is 0. The number of likely N-dealkylation sites (tertiary alicyclic amines) is 1. The minimum Gasteiger partial charge on any atom is -0.466 e. The molecule has 1 heterocycles. The molecular formula is C18H25N3O5. The van der Waals surface area contributed by atoms with Gasteiger partial charge in [-0.15, -0.1) is 0 Å². The molecule has 0 aromatic heterocycles. The number of ether oxygens (including phenoxy) is 1. The number of hydrogen-bond acceptors (Lipinski definition) is 6. The Hall–Kier alpha value is -2.64. The van der Waals surface area contributed by atoms with Crippen molar-refractivity contribution < 1.29 is 19.2 Å². The molecule has 1 amide bonds. The molecule has 0 unspecified atom stereocenters. The lowest BCUT2D eigenvalue weighted by molar-refractivity contribution is -0.384. The van der Waals surface area contributed by atoms with Crippen LogP contribution in [0.25, 0.3) is 0 Å². The molecule has 8 heteroatoms. The van der Waals surface area contributed by atoms with Gasteiger partial charge in [0.1, 0.15) is 0 Å². The summed E-state index contributed by atoms with van der Waals surface area (Å²) in [5, 5.41) is 13.8. The molecule has 0 saturated carbocycles. The van der Waals surface area contributed by atoms with Crippen molar-refractivity contribution in [2.24, 2.45) is 5.92 Å². The third-order valence-electron chi connectivity index (χ3n) is 4.44. The van der Waals surface area contributed by atoms with Crippen molar-refractivity contribution in [2.45, 2.75) is 32.6 Å². The molecule has 0 radical (unpaired) electrons. The fourth-order valence-corrected chi connectivity index (χ4v) is 2.96. The molecule has 1 aliphatic rings. The fourth-order valence-electron chi connectivity index (χ4n) is 2.96. The van der Waals surface area contributed by atoms with Gasteiger partial charge in [-0.1, -0.05) is 0 Å². The van der Waals surface area contributed by atoms with Crippen LogP contribution in [0.1, 0.15) is 32.6 Å². The number of piperidine rings is 1. The zero-order valence-electron chi connectivity index (χ0n) is 15.0. The van der Waals surface area contributed by atoms with E-state index in [-0.39, 0.29) is 23.5 Å². The maximum atomic E-state index is 12.2. The molecule has 0 bridgehead atoms. The molecule has 8 nitrogen and oxygen atoms in total. The first-order valence-corrected chi connectivity index (χ1v) is 8.94. The third-order valence-corrected chi connectivity index (χ3v) is 4.44. The van der Waals surface area contributed by atoms with Crippen LogP contribution >= 0.6 is 0 Å². The minimum atomic E-state index is -0.437. The summed E-state index contributed by atoms with van der Waals surface area (Å²) < 4.78 is 5.03. The highest BCUT2D eigenvalue weighted by atomic mass is 16.6. The number of nitrogens with one attached hydrogen (secondary N) is 1. The average Bonchev–Trinajstić information content (AvgIpc) is 2.65. The van der Waals surface area contributed by atoms with Gasteiger partial charge in [0.05, 0.1) is 17.4 Å². The third kappa shape index (κ3) is 5.72. The van der Waals surface area contributed by atoms with Crippen LogP contribution in [-0.4, -0.2) is 47.9 Å². The zero-order valence-corrected chi connectivity index (χ0v) is 15.0. The van der Waals surface area contributed by atoms with E-state index in [0.717, 1.165) is 5.69 Å². The summed E-state index contributed by atoms with van der Waals surface area (Å²) in [5.41, 5.74) is 0.843. The van der Waals surface area contributed by atoms with Crippen molar-refractivity contribution in [3.05, 3.63) is 34.4 Å². The van der Waals surface area contributed by atoms with E-state index < -0.39 is 4.92 Å². The number of amides is 1. The number of rotatable bonds is 8. The number of nitrogens with zero attached hydrogens (tertiary/aromatic N) is 2. The quantitative estimate of drug-likeness (QED) is 0.330. The van der Waals surface area contributed by atoms with Gasteiger partial charge in [-0.2, -0.15) is 0 Å². The number of benzene rings is 1. The highest BCUT2D eigenvalue weighted by molar-refractivity contribution is 5.77. The Morgan fingerprint density at radius 2 is 1.92 bits per heavy atom. The Kier molecular flexibility index (Phi) is 7.37. The Morgan fingerprint density at radius 3 is 2.50 bits per heavy atom. The van der Waals surface area contributed by atoms with Crippen molar-refractivity contribution in [3.8, 4) is 0 Å². The van der Waals surface area contributed by atoms with Crippen molar-refractivity contribution in [3.63, 3.8) is 0 Å². The number of nitro benzene ring substituents is 1. The Morgan fingerprint density at radius 1 is 1.27 bits per heavy atom. The summed E-state index contributed by atoms with van der Waals surface area (Å²) >= 11 is 0. The fraction of sp³-hybridized carbons (Fsp3) is 0.556. The van der Waals surface area contributed by atoms with E-state index in [9.17, 15) is 19.7 Å². The van der Waals surface area contributed by atoms with Crippen LogP contribution < -0.4 is 5.32 Å². The Labute approximate surface area is 152 Å². The predicted molar refractivity (Wildman–Crippen MR) is 96.8 cm³/mol. The number of carbonyl (C=O) groups is 2. The predicted octanol–water partition coefficient (Wildman–Crippen LogP) is 2.59. The first-order chi connectivity index (χ1) is 12.5. The lowest BCUT2D eigenvalue weighted by Gasteiger charge is -2.31. The van der Waals surface area contributed by atoms with Gasteiger partial charge in [0.2, 0.25) is 5.91 Å². The van der Waals surface area contributed by atoms with E-state index in [1.807, 2.05) is 4.90 Å². The molecule has 142 valence electrons. The molecule has 1 saturated heterocycles. The largest absolute Gasteiger partial charge is 0.466 e. The second-order valence-electron chi connectivity index (χ2n) is 6.24. The van der Waals surface area contributed by atoms with Crippen LogP contribution in [0.3, 0.4) is 0 Å². The van der Waals surface area contributed by atoms with Crippen molar-refractivity contribution >= 4 is 23.3 Å². The molecule has 1 fully saturated rings. The molecule has 0 atom stereocenters. The van der Waals surface area contributed by atoms with Gasteiger partial charge in [-0.25, -0.2) is 0 Å². The minimum absolute atomic E-state index is 0.0527. The van der Waals surface area contributed by atoms with Crippen LogP contribution in [0.15, 0.2) is 24.3 Å². The van der Waals surface area contributed by atoms with Crippen molar-refractivity contribution in [2.75, 3.05) is 31.6 Å². The second kappa shape index (κ2) is 9.74. The number of anilines is 1. The van der Waals surface area contributed by atoms with E-state index in [0.29, 0.717) is 51.9 Å². The summed E-state index contributed by atoms with van der Waals surface area (Å²) in [6.07, 6.45) is 2.43. The van der Waals surface area contributed by atoms with E-state index in [1.165, 1.54) is 12.1 Å². The van der Waals surface area contributed by atoms with Crippen molar-refractivity contribution in [1.82, 2.24) is 4.90 Å². The van der Waals surface area contributed by atoms with Gasteiger partial charge in [-0.05, 0) is 38.3 Å². The summed E-state index contributed by atoms with van der Waals surface area (Å²) in [6, 6.07) is 6.20. The van der Waals surface area contributed by atoms with Gasteiger partial charge in [-0.3, -0.25) is 19.7 Å². The summed E-state index contributed by atoms with van der Waals surface area (Å²) in [5.74, 6) is -0.160. The monoisotopic (exact) mass is 363 g/mol. The molecular weight excluding hydrogens is 338 g/mol. The highest BCUT2D eigenvalue weighted by Gasteiger charge is 2.27. The lowest BCUT2D eigenvalue weighted by atomic mass is 9.97. The maximum absolute atomic E-state index is 12.2. The molecule has 1 aliphatic heterocycles. The van der Waals surface area contributed by atoms with Crippen molar-refractivity contribution in [1.29, 1.82) is 0 Å². The van der Waals surface area contributed by atoms with Gasteiger partial charge in [0.15, 0.2) is 0 Å². The SMILES string of the molecule is CCOC(=O)C1CCN(C(=O)CCCNc2ccc([N+](=O)[O-])cc2)CC1. The van der Waals surface area contributed by atoms with Crippen LogP contribution in [0.2, 0.25) is 0 Å². The number of hydrogen-bond donors (Lipinski definition) is 1. The molecule has 26 heavy (non-hydrogen) atoms. The first kappa shape index (κ1) is 19.7. The molecule has 0 aliphatic carbocycles. The summed E-state index contributed by atoms with van der Waals surface area (Å²) in [6.45, 7) is 3.99. The van der Waals surface area contributed by atoms with Crippen LogP contribution in [-0.2, 0) is 14.3 Å². The van der Waals surface area contributed by atoms with Crippen LogP contribution in [0.5, 0.6) is 0 Å². The Bertz CT molecular complexity index is 624. The highest BCUT2D eigenvalue weighted by Crippen LogP contribution is 2.20. The number of non-ortho nitro benzene ring substituents is 1. The molecule has 0 spiro atoms. The number of esters is 1. The second-order valence-corrected chi connectivity index (χ2v) is 6.24. The zero-order chi connectivity index (χ0) is 18.9. The van der Waals surface area contributed by atoms with Crippen LogP contribution in [0, 0.1) is 16.0 Å². The van der Waals surface area contributed by atoms with Gasteiger partial charge >= 0.3 is 5.97 Å². The van der Waals surface area contributed by atoms with Gasteiger partial charge < -0.3 is 15.0 Å².